The van der Waals surface area contributed by atoms with Crippen LogP contribution >= 0.6 is 12.4 Å². The van der Waals surface area contributed by atoms with Gasteiger partial charge in [-0.15, -0.1) is 12.4 Å². The van der Waals surface area contributed by atoms with Crippen LogP contribution in [0.25, 0.3) is 0 Å². The van der Waals surface area contributed by atoms with Gasteiger partial charge in [0, 0.05) is 12.7 Å². The lowest BCUT2D eigenvalue weighted by Crippen LogP contribution is -2.44. The third-order valence-electron chi connectivity index (χ3n) is 3.00. The van der Waals surface area contributed by atoms with E-state index in [4.69, 9.17) is 15.2 Å². The molecule has 21 heavy (non-hydrogen) atoms. The molecule has 0 saturated carbocycles. The number of benzene rings is 1. The highest BCUT2D eigenvalue weighted by Gasteiger charge is 2.20. The molecule has 0 heterocycles. The van der Waals surface area contributed by atoms with E-state index >= 15 is 0 Å². The number of methoxy groups -OCH3 is 1. The molecule has 0 bridgehead atoms. The van der Waals surface area contributed by atoms with E-state index in [1.807, 2.05) is 38.1 Å². The molecule has 2 atom stereocenters. The minimum atomic E-state index is -0.659. The van der Waals surface area contributed by atoms with Crippen LogP contribution in [0.2, 0.25) is 0 Å². The van der Waals surface area contributed by atoms with E-state index in [0.29, 0.717) is 6.61 Å². The van der Waals surface area contributed by atoms with Gasteiger partial charge in [-0.25, -0.2) is 0 Å². The van der Waals surface area contributed by atoms with E-state index in [9.17, 15) is 4.79 Å². The second-order valence-electron chi connectivity index (χ2n) is 4.50. The van der Waals surface area contributed by atoms with Crippen LogP contribution in [0.5, 0.6) is 5.75 Å². The number of carbonyl (C=O) groups excluding carboxylic acids is 1. The zero-order valence-corrected chi connectivity index (χ0v) is 13.6. The van der Waals surface area contributed by atoms with Gasteiger partial charge in [0.25, 0.3) is 0 Å². The van der Waals surface area contributed by atoms with Crippen molar-refractivity contribution in [2.24, 2.45) is 5.73 Å². The fraction of sp³-hybridized carbons (Fsp3) is 0.533. The monoisotopic (exact) mass is 316 g/mol. The van der Waals surface area contributed by atoms with Gasteiger partial charge in [0.1, 0.15) is 11.8 Å². The first-order valence-electron chi connectivity index (χ1n) is 6.90. The molecule has 0 aromatic heterocycles. The van der Waals surface area contributed by atoms with Crippen LogP contribution in [0.4, 0.5) is 0 Å². The highest BCUT2D eigenvalue weighted by molar-refractivity contribution is 5.85. The Morgan fingerprint density at radius 1 is 1.33 bits per heavy atom. The highest BCUT2D eigenvalue weighted by atomic mass is 35.5. The SMILES string of the molecule is CCOc1ccccc1C(CC)NC(=O)C(N)COC.Cl. The lowest BCUT2D eigenvalue weighted by Gasteiger charge is -2.22. The first-order chi connectivity index (χ1) is 9.63. The molecule has 3 N–H and O–H groups in total. The molecule has 120 valence electrons. The number of carbonyl (C=O) groups is 1. The zero-order valence-electron chi connectivity index (χ0n) is 12.8. The van der Waals surface area contributed by atoms with Gasteiger partial charge in [-0.3, -0.25) is 4.79 Å². The Morgan fingerprint density at radius 2 is 2.00 bits per heavy atom. The van der Waals surface area contributed by atoms with Crippen molar-refractivity contribution in [3.63, 3.8) is 0 Å². The molecule has 2 unspecified atom stereocenters. The number of ether oxygens (including phenoxy) is 2. The van der Waals surface area contributed by atoms with Crippen molar-refractivity contribution in [3.05, 3.63) is 29.8 Å². The summed E-state index contributed by atoms with van der Waals surface area (Å²) in [4.78, 5) is 12.0. The van der Waals surface area contributed by atoms with E-state index in [0.717, 1.165) is 17.7 Å². The first kappa shape index (κ1) is 19.7. The Hall–Kier alpha value is -1.30. The van der Waals surface area contributed by atoms with Crippen molar-refractivity contribution in [3.8, 4) is 5.75 Å². The Kier molecular flexibility index (Phi) is 9.78. The van der Waals surface area contributed by atoms with Crippen LogP contribution < -0.4 is 15.8 Å². The van der Waals surface area contributed by atoms with Crippen molar-refractivity contribution in [2.45, 2.75) is 32.4 Å². The summed E-state index contributed by atoms with van der Waals surface area (Å²) in [5, 5.41) is 2.94. The van der Waals surface area contributed by atoms with Crippen LogP contribution in [0.15, 0.2) is 24.3 Å². The van der Waals surface area contributed by atoms with Gasteiger partial charge in [-0.05, 0) is 19.4 Å². The van der Waals surface area contributed by atoms with E-state index in [-0.39, 0.29) is 31.0 Å². The fourth-order valence-electron chi connectivity index (χ4n) is 1.99. The lowest BCUT2D eigenvalue weighted by molar-refractivity contribution is -0.124. The molecule has 0 aliphatic rings. The number of hydrogen-bond acceptors (Lipinski definition) is 4. The van der Waals surface area contributed by atoms with Crippen LogP contribution in [0.3, 0.4) is 0 Å². The predicted octanol–water partition coefficient (Wildman–Crippen LogP) is 2.05. The van der Waals surface area contributed by atoms with Crippen molar-refractivity contribution >= 4 is 18.3 Å². The van der Waals surface area contributed by atoms with Gasteiger partial charge >= 0.3 is 0 Å². The summed E-state index contributed by atoms with van der Waals surface area (Å²) in [6.07, 6.45) is 0.759. The van der Waals surface area contributed by atoms with Gasteiger partial charge in [0.05, 0.1) is 19.3 Å². The van der Waals surface area contributed by atoms with Crippen molar-refractivity contribution in [2.75, 3.05) is 20.3 Å². The van der Waals surface area contributed by atoms with Gasteiger partial charge in [0.15, 0.2) is 0 Å². The molecule has 6 heteroatoms. The molecular formula is C15H25ClN2O3. The third kappa shape index (κ3) is 5.91. The number of halogens is 1. The normalized spacial score (nSPS) is 13.0. The Balaban J connectivity index is 0.00000400. The highest BCUT2D eigenvalue weighted by Crippen LogP contribution is 2.27. The van der Waals surface area contributed by atoms with E-state index in [1.165, 1.54) is 7.11 Å². The number of rotatable bonds is 8. The summed E-state index contributed by atoms with van der Waals surface area (Å²) in [6.45, 7) is 4.74. The summed E-state index contributed by atoms with van der Waals surface area (Å²) < 4.78 is 10.5. The minimum absolute atomic E-state index is 0. The lowest BCUT2D eigenvalue weighted by atomic mass is 10.0. The Labute approximate surface area is 132 Å². The standard InChI is InChI=1S/C15H24N2O3.ClH/c1-4-13(17-15(18)12(16)10-19-3)11-8-6-7-9-14(11)20-5-2;/h6-9,12-13H,4-5,10,16H2,1-3H3,(H,17,18);1H. The largest absolute Gasteiger partial charge is 0.494 e. The van der Waals surface area contributed by atoms with E-state index in [1.54, 1.807) is 0 Å². The number of nitrogens with one attached hydrogen (secondary N) is 1. The number of para-hydroxylation sites is 1. The van der Waals surface area contributed by atoms with Crippen LogP contribution in [0, 0.1) is 0 Å². The molecular weight excluding hydrogens is 292 g/mol. The first-order valence-corrected chi connectivity index (χ1v) is 6.90. The summed E-state index contributed by atoms with van der Waals surface area (Å²) in [5.74, 6) is 0.576. The molecule has 1 aromatic rings. The maximum Gasteiger partial charge on any atom is 0.239 e. The van der Waals surface area contributed by atoms with Crippen LogP contribution in [-0.2, 0) is 9.53 Å². The second kappa shape index (κ2) is 10.4. The molecule has 0 aliphatic heterocycles. The van der Waals surface area contributed by atoms with Crippen LogP contribution in [0.1, 0.15) is 31.9 Å². The maximum atomic E-state index is 12.0. The van der Waals surface area contributed by atoms with Crippen molar-refractivity contribution < 1.29 is 14.3 Å². The van der Waals surface area contributed by atoms with E-state index < -0.39 is 6.04 Å². The second-order valence-corrected chi connectivity index (χ2v) is 4.50. The summed E-state index contributed by atoms with van der Waals surface area (Å²) in [5.41, 5.74) is 6.70. The summed E-state index contributed by atoms with van der Waals surface area (Å²) >= 11 is 0. The number of amides is 1. The average molecular weight is 317 g/mol. The topological polar surface area (TPSA) is 73.6 Å². The maximum absolute atomic E-state index is 12.0. The van der Waals surface area contributed by atoms with Gasteiger partial charge in [-0.2, -0.15) is 0 Å². The van der Waals surface area contributed by atoms with Gasteiger partial charge in [-0.1, -0.05) is 25.1 Å². The number of nitrogens with two attached hydrogens (primary N) is 1. The summed E-state index contributed by atoms with van der Waals surface area (Å²) in [7, 11) is 1.52. The third-order valence-corrected chi connectivity index (χ3v) is 3.00. The fourth-order valence-corrected chi connectivity index (χ4v) is 1.99. The molecule has 0 radical (unpaired) electrons. The van der Waals surface area contributed by atoms with Gasteiger partial charge < -0.3 is 20.5 Å². The minimum Gasteiger partial charge on any atom is -0.494 e. The quantitative estimate of drug-likeness (QED) is 0.770. The molecule has 0 spiro atoms. The molecule has 0 fully saturated rings. The molecule has 5 nitrogen and oxygen atoms in total. The average Bonchev–Trinajstić information content (AvgIpc) is 2.46. The Morgan fingerprint density at radius 3 is 2.57 bits per heavy atom. The smallest absolute Gasteiger partial charge is 0.239 e. The molecule has 1 rings (SSSR count). The van der Waals surface area contributed by atoms with Crippen LogP contribution in [-0.4, -0.2) is 32.3 Å². The van der Waals surface area contributed by atoms with Gasteiger partial charge in [0.2, 0.25) is 5.91 Å². The summed E-state index contributed by atoms with van der Waals surface area (Å²) in [6, 6.07) is 6.94. The molecule has 0 saturated heterocycles. The predicted molar refractivity (Wildman–Crippen MR) is 85.9 cm³/mol. The zero-order chi connectivity index (χ0) is 15.0. The van der Waals surface area contributed by atoms with Crippen molar-refractivity contribution in [1.82, 2.24) is 5.32 Å². The number of hydrogen-bond donors (Lipinski definition) is 2. The van der Waals surface area contributed by atoms with Crippen molar-refractivity contribution in [1.29, 1.82) is 0 Å². The van der Waals surface area contributed by atoms with E-state index in [2.05, 4.69) is 5.32 Å². The Bertz CT molecular complexity index is 429. The molecule has 1 amide bonds. The molecule has 0 aliphatic carbocycles. The molecule has 1 aromatic carbocycles.